The smallest absolute Gasteiger partial charge is 0.212 e. The fourth-order valence-electron chi connectivity index (χ4n) is 4.54. The summed E-state index contributed by atoms with van der Waals surface area (Å²) in [6.45, 7) is 9.80. The van der Waals surface area contributed by atoms with Gasteiger partial charge >= 0.3 is 0 Å². The summed E-state index contributed by atoms with van der Waals surface area (Å²) in [5.74, 6) is -0.509. The van der Waals surface area contributed by atoms with Crippen LogP contribution in [-0.2, 0) is 16.9 Å². The molecule has 0 spiro atoms. The van der Waals surface area contributed by atoms with Gasteiger partial charge in [-0.2, -0.15) is 0 Å². The lowest BCUT2D eigenvalue weighted by molar-refractivity contribution is 0.258. The molecular weight excluding hydrogens is 441 g/mol. The number of nitrogens with zero attached hydrogens (tertiary/aromatic N) is 3. The van der Waals surface area contributed by atoms with E-state index < -0.39 is 21.1 Å². The number of fused-ring (bicyclic) bond motifs is 1. The van der Waals surface area contributed by atoms with Crippen molar-refractivity contribution in [2.75, 3.05) is 37.6 Å². The summed E-state index contributed by atoms with van der Waals surface area (Å²) in [5, 5.41) is 0.0646. The van der Waals surface area contributed by atoms with Crippen molar-refractivity contribution in [2.45, 2.75) is 37.0 Å². The average Bonchev–Trinajstić information content (AvgIpc) is 2.78. The van der Waals surface area contributed by atoms with E-state index in [1.54, 1.807) is 43.7 Å². The minimum Gasteiger partial charge on any atom is -0.367 e. The van der Waals surface area contributed by atoms with Crippen LogP contribution in [0, 0.1) is 19.7 Å². The highest BCUT2D eigenvalue weighted by Gasteiger charge is 2.27. The Labute approximate surface area is 194 Å². The summed E-state index contributed by atoms with van der Waals surface area (Å²) in [7, 11) is -2.38. The number of aromatic nitrogens is 1. The van der Waals surface area contributed by atoms with Crippen LogP contribution in [-0.4, -0.2) is 50.6 Å². The minimum absolute atomic E-state index is 0.0646. The van der Waals surface area contributed by atoms with Crippen LogP contribution in [0.2, 0.25) is 0 Å². The van der Waals surface area contributed by atoms with E-state index in [0.717, 1.165) is 31.6 Å². The van der Waals surface area contributed by atoms with Gasteiger partial charge in [0.2, 0.25) is 15.3 Å². The number of aryl methyl sites for hydroxylation is 3. The van der Waals surface area contributed by atoms with Crippen molar-refractivity contribution in [3.8, 4) is 0 Å². The third kappa shape index (κ3) is 4.29. The number of rotatable bonds is 5. The predicted molar refractivity (Wildman–Crippen MR) is 129 cm³/mol. The average molecular weight is 472 g/mol. The van der Waals surface area contributed by atoms with E-state index in [2.05, 4.69) is 11.8 Å². The van der Waals surface area contributed by atoms with Gasteiger partial charge in [0.15, 0.2) is 0 Å². The molecule has 1 aromatic heterocycles. The van der Waals surface area contributed by atoms with Crippen molar-refractivity contribution < 1.29 is 12.8 Å². The second-order valence-corrected chi connectivity index (χ2v) is 10.7. The highest BCUT2D eigenvalue weighted by atomic mass is 32.2. The van der Waals surface area contributed by atoms with Gasteiger partial charge in [-0.25, -0.2) is 12.8 Å². The molecule has 8 heteroatoms. The third-order valence-electron chi connectivity index (χ3n) is 6.40. The van der Waals surface area contributed by atoms with Gasteiger partial charge in [0.1, 0.15) is 10.7 Å². The van der Waals surface area contributed by atoms with Crippen molar-refractivity contribution in [2.24, 2.45) is 7.05 Å². The zero-order valence-electron chi connectivity index (χ0n) is 19.6. The molecule has 0 radical (unpaired) electrons. The molecule has 0 saturated carbocycles. The quantitative estimate of drug-likeness (QED) is 0.568. The Morgan fingerprint density at radius 2 is 1.70 bits per heavy atom. The molecule has 33 heavy (non-hydrogen) atoms. The molecule has 4 rings (SSSR count). The van der Waals surface area contributed by atoms with Crippen molar-refractivity contribution in [3.63, 3.8) is 0 Å². The van der Waals surface area contributed by atoms with E-state index in [1.165, 1.54) is 12.3 Å². The highest BCUT2D eigenvalue weighted by Crippen LogP contribution is 2.28. The Hall–Kier alpha value is -2.71. The molecule has 0 atom stereocenters. The fourth-order valence-corrected chi connectivity index (χ4v) is 6.26. The SMILES string of the molecule is CCCN1CCN(c2cc3c(cc2F)c(=O)c(S(=O)(=O)c2cc(C)ccc2C)cn3C)CC1. The molecule has 6 nitrogen and oxygen atoms in total. The molecule has 1 saturated heterocycles. The standard InChI is InChI=1S/C25H30FN3O3S/c1-5-8-28-9-11-29(12-10-28)22-15-21-19(14-20(22)26)25(30)24(16-27(21)4)33(31,32)23-13-17(2)6-7-18(23)3/h6-7,13-16H,5,8-12H2,1-4H3. The zero-order valence-corrected chi connectivity index (χ0v) is 20.4. The number of anilines is 1. The van der Waals surface area contributed by atoms with Crippen LogP contribution in [0.3, 0.4) is 0 Å². The molecule has 0 amide bonds. The second kappa shape index (κ2) is 8.91. The van der Waals surface area contributed by atoms with Crippen LogP contribution in [0.25, 0.3) is 10.9 Å². The molecule has 1 aliphatic rings. The number of pyridine rings is 1. The lowest BCUT2D eigenvalue weighted by Crippen LogP contribution is -2.46. The second-order valence-electron chi connectivity index (χ2n) is 8.86. The summed E-state index contributed by atoms with van der Waals surface area (Å²) in [5.41, 5.74) is 1.62. The van der Waals surface area contributed by atoms with Gasteiger partial charge in [0, 0.05) is 39.4 Å². The Morgan fingerprint density at radius 1 is 1.00 bits per heavy atom. The van der Waals surface area contributed by atoms with Crippen molar-refractivity contribution in [3.05, 3.63) is 63.7 Å². The number of benzene rings is 2. The van der Waals surface area contributed by atoms with E-state index >= 15 is 4.39 Å². The number of halogens is 1. The summed E-state index contributed by atoms with van der Waals surface area (Å²) >= 11 is 0. The van der Waals surface area contributed by atoms with Crippen molar-refractivity contribution in [1.82, 2.24) is 9.47 Å². The molecule has 0 N–H and O–H groups in total. The lowest BCUT2D eigenvalue weighted by atomic mass is 10.1. The number of piperazine rings is 1. The summed E-state index contributed by atoms with van der Waals surface area (Å²) < 4.78 is 43.6. The van der Waals surface area contributed by atoms with E-state index in [-0.39, 0.29) is 15.2 Å². The van der Waals surface area contributed by atoms with Gasteiger partial charge in [-0.3, -0.25) is 9.69 Å². The molecule has 3 aromatic rings. The molecular formula is C25H30FN3O3S. The van der Waals surface area contributed by atoms with Crippen LogP contribution in [0.1, 0.15) is 24.5 Å². The van der Waals surface area contributed by atoms with Gasteiger partial charge in [-0.1, -0.05) is 19.1 Å². The molecule has 0 aliphatic carbocycles. The normalized spacial score (nSPS) is 15.4. The summed E-state index contributed by atoms with van der Waals surface area (Å²) in [6.07, 6.45) is 2.43. The maximum Gasteiger partial charge on any atom is 0.212 e. The van der Waals surface area contributed by atoms with Gasteiger partial charge in [-0.05, 0) is 56.1 Å². The topological polar surface area (TPSA) is 62.6 Å². The predicted octanol–water partition coefficient (Wildman–Crippen LogP) is 3.66. The fraction of sp³-hybridized carbons (Fsp3) is 0.400. The molecule has 176 valence electrons. The van der Waals surface area contributed by atoms with E-state index in [4.69, 9.17) is 0 Å². The van der Waals surface area contributed by atoms with Crippen LogP contribution in [0.4, 0.5) is 10.1 Å². The highest BCUT2D eigenvalue weighted by molar-refractivity contribution is 7.91. The Bertz CT molecular complexity index is 1370. The number of hydrogen-bond acceptors (Lipinski definition) is 5. The van der Waals surface area contributed by atoms with Crippen molar-refractivity contribution >= 4 is 26.4 Å². The van der Waals surface area contributed by atoms with E-state index in [1.807, 2.05) is 11.0 Å². The van der Waals surface area contributed by atoms with Gasteiger partial charge in [0.05, 0.1) is 21.5 Å². The van der Waals surface area contributed by atoms with Crippen LogP contribution >= 0.6 is 0 Å². The third-order valence-corrected chi connectivity index (χ3v) is 8.29. The Morgan fingerprint density at radius 3 is 2.36 bits per heavy atom. The molecule has 2 heterocycles. The first-order valence-corrected chi connectivity index (χ1v) is 12.7. The maximum atomic E-state index is 15.2. The summed E-state index contributed by atoms with van der Waals surface area (Å²) in [6, 6.07) is 7.96. The first-order valence-electron chi connectivity index (χ1n) is 11.3. The lowest BCUT2D eigenvalue weighted by Gasteiger charge is -2.36. The van der Waals surface area contributed by atoms with Gasteiger partial charge in [-0.15, -0.1) is 0 Å². The van der Waals surface area contributed by atoms with Crippen LogP contribution in [0.5, 0.6) is 0 Å². The Kier molecular flexibility index (Phi) is 6.33. The van der Waals surface area contributed by atoms with E-state index in [0.29, 0.717) is 29.9 Å². The van der Waals surface area contributed by atoms with Crippen LogP contribution < -0.4 is 10.3 Å². The largest absolute Gasteiger partial charge is 0.367 e. The molecule has 1 aliphatic heterocycles. The maximum absolute atomic E-state index is 15.2. The molecule has 0 unspecified atom stereocenters. The molecule has 2 aromatic carbocycles. The molecule has 1 fully saturated rings. The van der Waals surface area contributed by atoms with E-state index in [9.17, 15) is 13.2 Å². The van der Waals surface area contributed by atoms with Crippen molar-refractivity contribution in [1.29, 1.82) is 0 Å². The van der Waals surface area contributed by atoms with Crippen LogP contribution in [0.15, 0.2) is 51.1 Å². The first-order chi connectivity index (χ1) is 15.6. The first kappa shape index (κ1) is 23.4. The minimum atomic E-state index is -4.06. The zero-order chi connectivity index (χ0) is 23.9. The number of hydrogen-bond donors (Lipinski definition) is 0. The monoisotopic (exact) mass is 471 g/mol. The van der Waals surface area contributed by atoms with Gasteiger partial charge < -0.3 is 9.47 Å². The Balaban J connectivity index is 1.79. The van der Waals surface area contributed by atoms with Gasteiger partial charge in [0.25, 0.3) is 0 Å². The number of sulfone groups is 1. The summed E-state index contributed by atoms with van der Waals surface area (Å²) in [4.78, 5) is 17.4. The molecule has 0 bridgehead atoms.